The van der Waals surface area contributed by atoms with E-state index in [1.165, 1.54) is 16.2 Å². The molecule has 31 heavy (non-hydrogen) atoms. The Bertz CT molecular complexity index is 1420. The molecule has 5 aromatic rings. The average molecular weight is 402 g/mol. The zero-order valence-corrected chi connectivity index (χ0v) is 17.9. The van der Waals surface area contributed by atoms with Crippen LogP contribution < -0.4 is 9.13 Å². The molecule has 3 nitrogen and oxygen atoms in total. The highest BCUT2D eigenvalue weighted by molar-refractivity contribution is 5.94. The van der Waals surface area contributed by atoms with E-state index in [4.69, 9.17) is 0 Å². The molecule has 3 heteroatoms. The van der Waals surface area contributed by atoms with Crippen LogP contribution in [0.5, 0.6) is 0 Å². The molecule has 0 atom stereocenters. The quantitative estimate of drug-likeness (QED) is 0.372. The first-order valence-corrected chi connectivity index (χ1v) is 10.4. The fraction of sp³-hybridized carbons (Fsp3) is 0.107. The third kappa shape index (κ3) is 3.05. The number of benzene rings is 3. The first-order chi connectivity index (χ1) is 15.1. The molecule has 0 fully saturated rings. The van der Waals surface area contributed by atoms with Gasteiger partial charge in [-0.2, -0.15) is 9.83 Å². The summed E-state index contributed by atoms with van der Waals surface area (Å²) in [6.45, 7) is 4.27. The predicted octanol–water partition coefficient (Wildman–Crippen LogP) is 5.25. The summed E-state index contributed by atoms with van der Waals surface area (Å²) in [4.78, 5) is 0. The van der Waals surface area contributed by atoms with Gasteiger partial charge in [-0.05, 0) is 36.6 Å². The smallest absolute Gasteiger partial charge is 0.200 e. The van der Waals surface area contributed by atoms with Crippen LogP contribution in [0.15, 0.2) is 85.1 Å². The van der Waals surface area contributed by atoms with Crippen LogP contribution in [0, 0.1) is 25.2 Å². The molecule has 0 unspecified atom stereocenters. The van der Waals surface area contributed by atoms with Crippen molar-refractivity contribution in [1.29, 1.82) is 5.26 Å². The second kappa shape index (κ2) is 7.34. The average Bonchev–Trinajstić information content (AvgIpc) is 2.80. The Hall–Kier alpha value is -4.03. The van der Waals surface area contributed by atoms with Crippen LogP contribution in [-0.4, -0.2) is 0 Å². The van der Waals surface area contributed by atoms with Gasteiger partial charge in [-0.15, -0.1) is 0 Å². The van der Waals surface area contributed by atoms with Crippen LogP contribution in [0.2, 0.25) is 0 Å². The summed E-state index contributed by atoms with van der Waals surface area (Å²) in [5, 5.41) is 13.4. The summed E-state index contributed by atoms with van der Waals surface area (Å²) in [5.74, 6) is 0. The van der Waals surface area contributed by atoms with E-state index in [1.54, 1.807) is 0 Å². The molecule has 3 aromatic carbocycles. The highest BCUT2D eigenvalue weighted by atomic mass is 15.0. The number of para-hydroxylation sites is 1. The Morgan fingerprint density at radius 3 is 2.35 bits per heavy atom. The maximum absolute atomic E-state index is 9.87. The maximum Gasteiger partial charge on any atom is 0.220 e. The van der Waals surface area contributed by atoms with E-state index in [1.807, 2.05) is 12.1 Å². The van der Waals surface area contributed by atoms with E-state index in [-0.39, 0.29) is 0 Å². The summed E-state index contributed by atoms with van der Waals surface area (Å²) in [5.41, 5.74) is 7.30. The molecule has 2 aromatic heterocycles. The standard InChI is InChI=1S/C28H23N3/c1-19-12-13-23-9-5-7-11-26(23)31(19)27-17-21(18-29)16-25(20(27)2)28-24-10-6-4-8-22(24)14-15-30(28)3/h4-17H,1-3H3/q+2. The zero-order valence-electron chi connectivity index (χ0n) is 17.9. The Labute approximate surface area is 182 Å². The van der Waals surface area contributed by atoms with Crippen molar-refractivity contribution in [2.75, 3.05) is 0 Å². The number of hydrogen-bond donors (Lipinski definition) is 0. The Kier molecular flexibility index (Phi) is 4.49. The van der Waals surface area contributed by atoms with Crippen molar-refractivity contribution in [2.45, 2.75) is 13.8 Å². The predicted molar refractivity (Wildman–Crippen MR) is 124 cm³/mol. The first kappa shape index (κ1) is 19.0. The van der Waals surface area contributed by atoms with Gasteiger partial charge in [0.25, 0.3) is 0 Å². The molecule has 5 rings (SSSR count). The van der Waals surface area contributed by atoms with Crippen LogP contribution >= 0.6 is 0 Å². The molecule has 0 bridgehead atoms. The molecular weight excluding hydrogens is 378 g/mol. The Morgan fingerprint density at radius 1 is 0.806 bits per heavy atom. The number of pyridine rings is 2. The second-order valence-electron chi connectivity index (χ2n) is 8.01. The summed E-state index contributed by atoms with van der Waals surface area (Å²) in [6, 6.07) is 29.6. The van der Waals surface area contributed by atoms with E-state index in [2.05, 4.69) is 109 Å². The highest BCUT2D eigenvalue weighted by Crippen LogP contribution is 2.31. The van der Waals surface area contributed by atoms with E-state index < -0.39 is 0 Å². The van der Waals surface area contributed by atoms with Crippen molar-refractivity contribution < 1.29 is 9.13 Å². The van der Waals surface area contributed by atoms with Gasteiger partial charge in [0.15, 0.2) is 11.9 Å². The van der Waals surface area contributed by atoms with Crippen molar-refractivity contribution in [1.82, 2.24) is 0 Å². The zero-order chi connectivity index (χ0) is 21.5. The minimum Gasteiger partial charge on any atom is -0.200 e. The molecule has 2 heterocycles. The van der Waals surface area contributed by atoms with E-state index in [0.29, 0.717) is 5.56 Å². The molecule has 0 aliphatic carbocycles. The number of nitriles is 1. The molecule has 148 valence electrons. The van der Waals surface area contributed by atoms with Crippen molar-refractivity contribution in [3.8, 4) is 23.0 Å². The van der Waals surface area contributed by atoms with Crippen molar-refractivity contribution in [3.05, 3.63) is 102 Å². The summed E-state index contributed by atoms with van der Waals surface area (Å²) < 4.78 is 4.41. The third-order valence-electron chi connectivity index (χ3n) is 6.09. The minimum absolute atomic E-state index is 0.656. The van der Waals surface area contributed by atoms with Gasteiger partial charge in [0.2, 0.25) is 16.9 Å². The highest BCUT2D eigenvalue weighted by Gasteiger charge is 2.25. The number of aryl methyl sites for hydroxylation is 2. The van der Waals surface area contributed by atoms with Gasteiger partial charge in [0.1, 0.15) is 7.05 Å². The van der Waals surface area contributed by atoms with Gasteiger partial charge in [0.05, 0.1) is 22.6 Å². The fourth-order valence-electron chi connectivity index (χ4n) is 4.52. The van der Waals surface area contributed by atoms with Gasteiger partial charge < -0.3 is 0 Å². The van der Waals surface area contributed by atoms with Gasteiger partial charge in [-0.25, -0.2) is 4.57 Å². The van der Waals surface area contributed by atoms with E-state index >= 15 is 0 Å². The molecule has 0 N–H and O–H groups in total. The molecule has 0 spiro atoms. The SMILES string of the molecule is Cc1c(-c2c3ccccc3cc[n+]2C)cc(C#N)cc1-[n+]1c(C)ccc2ccccc21. The Balaban J connectivity index is 1.90. The largest absolute Gasteiger partial charge is 0.220 e. The molecule has 0 amide bonds. The summed E-state index contributed by atoms with van der Waals surface area (Å²) >= 11 is 0. The maximum atomic E-state index is 9.87. The minimum atomic E-state index is 0.656. The number of rotatable bonds is 2. The van der Waals surface area contributed by atoms with Gasteiger partial charge in [-0.3, -0.25) is 0 Å². The van der Waals surface area contributed by atoms with E-state index in [9.17, 15) is 5.26 Å². The number of nitrogens with zero attached hydrogens (tertiary/aromatic N) is 3. The van der Waals surface area contributed by atoms with Crippen molar-refractivity contribution in [3.63, 3.8) is 0 Å². The molecule has 0 saturated carbocycles. The van der Waals surface area contributed by atoms with Crippen molar-refractivity contribution in [2.24, 2.45) is 7.05 Å². The van der Waals surface area contributed by atoms with Crippen LogP contribution in [-0.2, 0) is 7.05 Å². The van der Waals surface area contributed by atoms with Gasteiger partial charge >= 0.3 is 0 Å². The molecule has 0 radical (unpaired) electrons. The normalized spacial score (nSPS) is 11.0. The molecule has 0 aliphatic rings. The summed E-state index contributed by atoms with van der Waals surface area (Å²) in [7, 11) is 2.07. The fourth-order valence-corrected chi connectivity index (χ4v) is 4.52. The number of hydrogen-bond acceptors (Lipinski definition) is 1. The Morgan fingerprint density at radius 2 is 1.55 bits per heavy atom. The van der Waals surface area contributed by atoms with Crippen LogP contribution in [0.25, 0.3) is 38.6 Å². The second-order valence-corrected chi connectivity index (χ2v) is 8.01. The van der Waals surface area contributed by atoms with Crippen molar-refractivity contribution >= 4 is 21.7 Å². The first-order valence-electron chi connectivity index (χ1n) is 10.4. The monoisotopic (exact) mass is 401 g/mol. The van der Waals surface area contributed by atoms with Crippen LogP contribution in [0.3, 0.4) is 0 Å². The number of aromatic nitrogens is 2. The van der Waals surface area contributed by atoms with Gasteiger partial charge in [0, 0.05) is 42.1 Å². The number of fused-ring (bicyclic) bond motifs is 2. The summed E-state index contributed by atoms with van der Waals surface area (Å²) in [6.07, 6.45) is 2.09. The van der Waals surface area contributed by atoms with E-state index in [0.717, 1.165) is 33.7 Å². The lowest BCUT2D eigenvalue weighted by molar-refractivity contribution is -0.659. The lowest BCUT2D eigenvalue weighted by atomic mass is 9.95. The molecular formula is C28H23N3+2. The lowest BCUT2D eigenvalue weighted by Gasteiger charge is -2.12. The molecule has 0 aliphatic heterocycles. The third-order valence-corrected chi connectivity index (χ3v) is 6.09. The topological polar surface area (TPSA) is 31.5 Å². The van der Waals surface area contributed by atoms with Crippen LogP contribution in [0.1, 0.15) is 16.8 Å². The van der Waals surface area contributed by atoms with Gasteiger partial charge in [-0.1, -0.05) is 30.3 Å². The lowest BCUT2D eigenvalue weighted by Crippen LogP contribution is -2.37. The van der Waals surface area contributed by atoms with Crippen LogP contribution in [0.4, 0.5) is 0 Å². The molecule has 0 saturated heterocycles.